The Balaban J connectivity index is 1.28. The molecule has 18 nitrogen and oxygen atoms in total. The number of rotatable bonds is 12. The number of carbonyl (C=O) groups excluding carboxylic acids is 3. The number of likely N-dealkylation sites (tertiary alicyclic amines) is 3. The van der Waals surface area contributed by atoms with E-state index in [1.807, 2.05) is 32.9 Å². The van der Waals surface area contributed by atoms with Crippen molar-refractivity contribution in [3.63, 3.8) is 0 Å². The average molecular weight is 869 g/mol. The summed E-state index contributed by atoms with van der Waals surface area (Å²) in [4.78, 5) is 47.4. The van der Waals surface area contributed by atoms with E-state index in [0.29, 0.717) is 75.6 Å². The predicted octanol–water partition coefficient (Wildman–Crippen LogP) is 2.68. The first-order chi connectivity index (χ1) is 31.0. The summed E-state index contributed by atoms with van der Waals surface area (Å²) < 4.78 is 16.9. The van der Waals surface area contributed by atoms with Crippen LogP contribution in [0.3, 0.4) is 0 Å². The lowest BCUT2D eigenvalue weighted by Gasteiger charge is -2.31. The summed E-state index contributed by atoms with van der Waals surface area (Å²) >= 11 is 0. The molecule has 0 aromatic heterocycles. The summed E-state index contributed by atoms with van der Waals surface area (Å²) in [6, 6.07) is 10.7. The molecule has 3 atom stereocenters. The van der Waals surface area contributed by atoms with Crippen molar-refractivity contribution < 1.29 is 28.6 Å². The molecule has 3 fully saturated rings. The largest absolute Gasteiger partial charge is 0.461 e. The first-order valence-corrected chi connectivity index (χ1v) is 21.8. The molecular formula is C46H52N12O6. The van der Waals surface area contributed by atoms with Gasteiger partial charge in [-0.3, -0.25) is 0 Å². The summed E-state index contributed by atoms with van der Waals surface area (Å²) in [6.45, 7) is 2.48. The van der Waals surface area contributed by atoms with E-state index < -0.39 is 78.5 Å². The second-order valence-corrected chi connectivity index (χ2v) is 16.9. The van der Waals surface area contributed by atoms with Gasteiger partial charge < -0.3 is 46.1 Å². The Labute approximate surface area is 372 Å². The van der Waals surface area contributed by atoms with Gasteiger partial charge in [0.05, 0.1) is 22.6 Å². The molecule has 3 heterocycles. The smallest absolute Gasteiger partial charge is 0.349 e. The van der Waals surface area contributed by atoms with E-state index >= 15 is 0 Å². The van der Waals surface area contributed by atoms with Crippen molar-refractivity contribution in [2.75, 3.05) is 59.1 Å². The highest BCUT2D eigenvalue weighted by atomic mass is 16.6. The summed E-state index contributed by atoms with van der Waals surface area (Å²) in [7, 11) is 0. The maximum absolute atomic E-state index is 13.7. The number of hydrogen-bond donors (Lipinski definition) is 3. The van der Waals surface area contributed by atoms with Crippen LogP contribution in [0.4, 0.5) is 0 Å². The Hall–Kier alpha value is -6.93. The number of esters is 3. The van der Waals surface area contributed by atoms with Gasteiger partial charge in [0.25, 0.3) is 0 Å². The highest BCUT2D eigenvalue weighted by molar-refractivity contribution is 5.96. The van der Waals surface area contributed by atoms with Crippen LogP contribution in [0, 0.1) is 73.9 Å². The van der Waals surface area contributed by atoms with Crippen LogP contribution in [0.1, 0.15) is 77.0 Å². The molecule has 6 aliphatic rings. The maximum Gasteiger partial charge on any atom is 0.349 e. The third kappa shape index (κ3) is 10.3. The highest BCUT2D eigenvalue weighted by Crippen LogP contribution is 2.38. The molecule has 3 aliphatic heterocycles. The summed E-state index contributed by atoms with van der Waals surface area (Å²) in [6.07, 6.45) is 6.94. The van der Waals surface area contributed by atoms with Gasteiger partial charge in [-0.25, -0.2) is 14.4 Å². The Kier molecular flexibility index (Phi) is 15.6. The number of hydrogen-bond acceptors (Lipinski definition) is 18. The standard InChI is InChI=1S/C46H52N12O6/c47-19-35-32(13-29(53)16-41(35)56-7-1-2-8-56)38(22-50)44(59)62-25-28(26-63-45(60)39(23-51)33-14-30(54)17-42(36(33)20-48)57-9-3-4-10-57)27-64-46(61)40(24-52)34-15-31(55)18-43(37(34)21-49)58-11-5-6-12-58/h28-31H,1-18,25-27,53-55H2/b38-32+,39-33+,40-34+. The molecule has 64 heavy (non-hydrogen) atoms. The molecule has 3 aliphatic carbocycles. The van der Waals surface area contributed by atoms with E-state index in [-0.39, 0.29) is 52.7 Å². The number of nitrogens with two attached hydrogens (primary N) is 3. The van der Waals surface area contributed by atoms with Crippen molar-refractivity contribution in [1.29, 1.82) is 31.6 Å². The normalized spacial score (nSPS) is 25.3. The maximum atomic E-state index is 13.7. The van der Waals surface area contributed by atoms with Gasteiger partial charge in [0.15, 0.2) is 0 Å². The zero-order valence-electron chi connectivity index (χ0n) is 35.9. The van der Waals surface area contributed by atoms with Gasteiger partial charge in [0.1, 0.15) is 73.0 Å². The topological polar surface area (TPSA) is 309 Å². The van der Waals surface area contributed by atoms with Gasteiger partial charge in [-0.2, -0.15) is 31.6 Å². The summed E-state index contributed by atoms with van der Waals surface area (Å²) in [5, 5.41) is 61.5. The average Bonchev–Trinajstić information content (AvgIpc) is 4.12. The number of nitriles is 6. The van der Waals surface area contributed by atoms with Crippen molar-refractivity contribution >= 4 is 17.9 Å². The van der Waals surface area contributed by atoms with Crippen molar-refractivity contribution in [3.05, 3.63) is 67.2 Å². The van der Waals surface area contributed by atoms with Crippen LogP contribution < -0.4 is 17.2 Å². The minimum absolute atomic E-state index is 0.0681. The van der Waals surface area contributed by atoms with Crippen LogP contribution in [0.15, 0.2) is 67.2 Å². The van der Waals surface area contributed by atoms with Gasteiger partial charge in [-0.1, -0.05) is 0 Å². The molecule has 332 valence electrons. The van der Waals surface area contributed by atoms with E-state index in [9.17, 15) is 46.0 Å². The van der Waals surface area contributed by atoms with Gasteiger partial charge in [-0.15, -0.1) is 0 Å². The number of carbonyl (C=O) groups is 3. The number of allylic oxidation sites excluding steroid dienone is 3. The van der Waals surface area contributed by atoms with Crippen LogP contribution in [0.2, 0.25) is 0 Å². The molecule has 18 heteroatoms. The molecule has 0 bridgehead atoms. The zero-order chi connectivity index (χ0) is 45.9. The van der Waals surface area contributed by atoms with Crippen LogP contribution in [0.5, 0.6) is 0 Å². The third-order valence-corrected chi connectivity index (χ3v) is 12.5. The minimum Gasteiger partial charge on any atom is -0.461 e. The van der Waals surface area contributed by atoms with E-state index in [4.69, 9.17) is 31.4 Å². The highest BCUT2D eigenvalue weighted by Gasteiger charge is 2.36. The molecule has 6 N–H and O–H groups in total. The van der Waals surface area contributed by atoms with Crippen LogP contribution in [-0.4, -0.2) is 110 Å². The Bertz CT molecular complexity index is 2110. The van der Waals surface area contributed by atoms with Crippen LogP contribution in [0.25, 0.3) is 0 Å². The monoisotopic (exact) mass is 868 g/mol. The number of nitrogens with zero attached hydrogens (tertiary/aromatic N) is 9. The van der Waals surface area contributed by atoms with E-state index in [1.54, 1.807) is 0 Å². The molecule has 3 unspecified atom stereocenters. The minimum atomic E-state index is -1.13. The first kappa shape index (κ1) is 46.6. The van der Waals surface area contributed by atoms with E-state index in [0.717, 1.165) is 38.5 Å². The zero-order valence-corrected chi connectivity index (χ0v) is 35.9. The van der Waals surface area contributed by atoms with Gasteiger partial charge >= 0.3 is 17.9 Å². The van der Waals surface area contributed by atoms with Crippen molar-refractivity contribution in [2.24, 2.45) is 23.1 Å². The summed E-state index contributed by atoms with van der Waals surface area (Å²) in [5.74, 6) is -4.40. The fourth-order valence-corrected chi connectivity index (χ4v) is 9.43. The Morgan fingerprint density at radius 2 is 0.719 bits per heavy atom. The second-order valence-electron chi connectivity index (χ2n) is 16.9. The van der Waals surface area contributed by atoms with Gasteiger partial charge in [0, 0.05) is 93.7 Å². The van der Waals surface area contributed by atoms with Gasteiger partial charge in [0.2, 0.25) is 0 Å². The van der Waals surface area contributed by atoms with E-state index in [1.165, 1.54) is 0 Å². The molecular weight excluding hydrogens is 817 g/mol. The molecule has 0 radical (unpaired) electrons. The predicted molar refractivity (Wildman–Crippen MR) is 226 cm³/mol. The molecule has 0 aromatic carbocycles. The van der Waals surface area contributed by atoms with Crippen molar-refractivity contribution in [1.82, 2.24) is 14.7 Å². The Morgan fingerprint density at radius 3 is 0.938 bits per heavy atom. The lowest BCUT2D eigenvalue weighted by molar-refractivity contribution is -0.148. The SMILES string of the molecule is N#CC1=C(N2CCCC2)CC(N)C/C1=C(/C#N)C(=O)OCC(COC(=O)/C(C#N)=C1\CC(N)CC(N2CCCC2)=C1C#N)COC(=O)/C(C#N)=C1\CC(N)CC(N2CCCC2)=C1C#N. The summed E-state index contributed by atoms with van der Waals surface area (Å²) in [5.41, 5.74) is 20.9. The molecule has 3 saturated heterocycles. The Morgan fingerprint density at radius 1 is 0.469 bits per heavy atom. The van der Waals surface area contributed by atoms with Crippen LogP contribution >= 0.6 is 0 Å². The third-order valence-electron chi connectivity index (χ3n) is 12.5. The molecule has 0 saturated carbocycles. The lowest BCUT2D eigenvalue weighted by atomic mass is 9.85. The van der Waals surface area contributed by atoms with Crippen molar-refractivity contribution in [2.45, 2.75) is 95.2 Å². The lowest BCUT2D eigenvalue weighted by Crippen LogP contribution is -2.34. The molecule has 0 spiro atoms. The van der Waals surface area contributed by atoms with E-state index in [2.05, 4.69) is 18.2 Å². The quantitative estimate of drug-likeness (QED) is 0.110. The van der Waals surface area contributed by atoms with Crippen LogP contribution in [-0.2, 0) is 28.6 Å². The van der Waals surface area contributed by atoms with Gasteiger partial charge in [-0.05, 0) is 74.5 Å². The van der Waals surface area contributed by atoms with Crippen molar-refractivity contribution in [3.8, 4) is 36.4 Å². The molecule has 0 aromatic rings. The second kappa shape index (κ2) is 21.4. The first-order valence-electron chi connectivity index (χ1n) is 21.8. The number of ether oxygens (including phenoxy) is 3. The molecule has 6 rings (SSSR count). The fraction of sp³-hybridized carbons (Fsp3) is 0.543. The fourth-order valence-electron chi connectivity index (χ4n) is 9.43. The molecule has 0 amide bonds.